The molecule has 0 aliphatic carbocycles. The number of carbonyl (C=O) groups excluding carboxylic acids is 3. The molecular weight excluding hydrogens is 530 g/mol. The molecule has 1 aromatic heterocycles. The molecule has 3 amide bonds. The lowest BCUT2D eigenvalue weighted by molar-refractivity contribution is -0.157. The molecule has 1 aromatic carbocycles. The van der Waals surface area contributed by atoms with Gasteiger partial charge in [0.2, 0.25) is 5.91 Å². The minimum Gasteiger partial charge on any atom is -0.444 e. The van der Waals surface area contributed by atoms with Crippen LogP contribution in [0, 0.1) is 0 Å². The van der Waals surface area contributed by atoms with E-state index in [4.69, 9.17) is 9.47 Å². The van der Waals surface area contributed by atoms with Crippen molar-refractivity contribution in [3.63, 3.8) is 0 Å². The Hall–Kier alpha value is -3.12. The molecule has 0 saturated carbocycles. The van der Waals surface area contributed by atoms with E-state index < -0.39 is 25.6 Å². The largest absolute Gasteiger partial charge is 0.444 e. The maximum atomic E-state index is 13.6. The second-order valence-corrected chi connectivity index (χ2v) is 18.5. The number of imide groups is 1. The van der Waals surface area contributed by atoms with Crippen LogP contribution in [0.3, 0.4) is 0 Å². The van der Waals surface area contributed by atoms with E-state index in [9.17, 15) is 19.2 Å². The summed E-state index contributed by atoms with van der Waals surface area (Å²) in [7, 11) is 0.396. The maximum absolute atomic E-state index is 13.6. The summed E-state index contributed by atoms with van der Waals surface area (Å²) in [4.78, 5) is 57.2. The summed E-state index contributed by atoms with van der Waals surface area (Å²) in [6, 6.07) is 5.83. The van der Waals surface area contributed by atoms with Gasteiger partial charge in [0.1, 0.15) is 18.4 Å². The lowest BCUT2D eigenvalue weighted by Crippen LogP contribution is -2.50. The number of benzene rings is 1. The number of anilines is 1. The summed E-state index contributed by atoms with van der Waals surface area (Å²) in [5.41, 5.74) is 1.37. The molecule has 2 aliphatic heterocycles. The molecule has 2 aromatic rings. The van der Waals surface area contributed by atoms with Crippen LogP contribution in [0.4, 0.5) is 10.5 Å². The topological polar surface area (TPSA) is 106 Å². The van der Waals surface area contributed by atoms with Crippen LogP contribution in [0.2, 0.25) is 25.7 Å². The smallest absolute Gasteiger partial charge is 0.410 e. The van der Waals surface area contributed by atoms with Crippen LogP contribution in [0.5, 0.6) is 0 Å². The number of piperidine rings is 1. The highest BCUT2D eigenvalue weighted by atomic mass is 28.3. The molecule has 1 unspecified atom stereocenters. The Labute approximate surface area is 236 Å². The number of piperazine rings is 1. The maximum Gasteiger partial charge on any atom is 0.410 e. The molecule has 0 bridgehead atoms. The Balaban J connectivity index is 1.55. The number of fused-ring (bicyclic) bond motifs is 1. The molecule has 11 nitrogen and oxygen atoms in total. The van der Waals surface area contributed by atoms with Crippen LogP contribution in [-0.2, 0) is 26.1 Å². The molecule has 2 aliphatic rings. The van der Waals surface area contributed by atoms with Gasteiger partial charge in [0.15, 0.2) is 0 Å². The number of nitrogens with zero attached hydrogens (tertiary/aromatic N) is 5. The Morgan fingerprint density at radius 2 is 1.73 bits per heavy atom. The number of hydrogen-bond donors (Lipinski definition) is 0. The summed E-state index contributed by atoms with van der Waals surface area (Å²) in [6.45, 7) is 14.8. The van der Waals surface area contributed by atoms with Crippen LogP contribution in [-0.4, -0.2) is 90.0 Å². The lowest BCUT2D eigenvalue weighted by Gasteiger charge is -2.37. The predicted molar refractivity (Wildman–Crippen MR) is 156 cm³/mol. The molecule has 0 N–H and O–H groups in total. The minimum absolute atomic E-state index is 0.0919. The highest BCUT2D eigenvalue weighted by Gasteiger charge is 2.38. The molecule has 1 atom stereocenters. The van der Waals surface area contributed by atoms with Crippen molar-refractivity contribution in [3.05, 3.63) is 28.7 Å². The van der Waals surface area contributed by atoms with Crippen LogP contribution < -0.4 is 10.6 Å². The predicted octanol–water partition coefficient (Wildman–Crippen LogP) is 3.40. The second-order valence-electron chi connectivity index (χ2n) is 12.9. The molecule has 40 heavy (non-hydrogen) atoms. The number of para-hydroxylation sites is 1. The third-order valence-corrected chi connectivity index (χ3v) is 9.07. The van der Waals surface area contributed by atoms with Gasteiger partial charge in [0.05, 0.1) is 16.7 Å². The van der Waals surface area contributed by atoms with Crippen molar-refractivity contribution in [1.29, 1.82) is 0 Å². The quantitative estimate of drug-likeness (QED) is 0.284. The van der Waals surface area contributed by atoms with Gasteiger partial charge >= 0.3 is 11.8 Å². The standard InChI is InChI=1S/C28H43N5O6Si/c1-28(2,3)39-27(37)31-15-13-30(14-16-31)20-9-8-10-21-24(20)29(4)26(36)33(21)22-11-12-23(34)32(25(22)35)19-38-17-18-40(5,6)7/h8-10,22H,11-19H2,1-7H3. The Morgan fingerprint density at radius 1 is 1.05 bits per heavy atom. The molecule has 3 heterocycles. The average Bonchev–Trinajstić information content (AvgIpc) is 3.12. The number of amides is 3. The molecular formula is C28H43N5O6Si. The Kier molecular flexibility index (Phi) is 8.51. The van der Waals surface area contributed by atoms with Crippen LogP contribution >= 0.6 is 0 Å². The first-order valence-corrected chi connectivity index (χ1v) is 17.7. The number of hydrogen-bond acceptors (Lipinski definition) is 7. The van der Waals surface area contributed by atoms with Crippen molar-refractivity contribution in [1.82, 2.24) is 18.9 Å². The van der Waals surface area contributed by atoms with E-state index in [1.54, 1.807) is 16.5 Å². The summed E-state index contributed by atoms with van der Waals surface area (Å²) < 4.78 is 14.3. The number of rotatable bonds is 7. The summed E-state index contributed by atoms with van der Waals surface area (Å²) in [6.07, 6.45) is 0.104. The van der Waals surface area contributed by atoms with Crippen LogP contribution in [0.25, 0.3) is 11.0 Å². The fraction of sp³-hybridized carbons (Fsp3) is 0.643. The zero-order valence-electron chi connectivity index (χ0n) is 24.9. The zero-order valence-corrected chi connectivity index (χ0v) is 25.9. The summed E-state index contributed by atoms with van der Waals surface area (Å²) in [5.74, 6) is -0.679. The number of carbonyl (C=O) groups is 3. The molecule has 2 saturated heterocycles. The van der Waals surface area contributed by atoms with Crippen molar-refractivity contribution in [2.75, 3.05) is 44.4 Å². The number of aromatic nitrogens is 2. The molecule has 220 valence electrons. The lowest BCUT2D eigenvalue weighted by atomic mass is 10.0. The van der Waals surface area contributed by atoms with Gasteiger partial charge in [-0.3, -0.25) is 23.6 Å². The normalized spacial score (nSPS) is 19.1. The summed E-state index contributed by atoms with van der Waals surface area (Å²) >= 11 is 0. The fourth-order valence-corrected chi connectivity index (χ4v) is 5.92. The Bertz CT molecular complexity index is 1330. The molecule has 12 heteroatoms. The Morgan fingerprint density at radius 3 is 2.35 bits per heavy atom. The first-order valence-electron chi connectivity index (χ1n) is 14.0. The number of aryl methyl sites for hydroxylation is 1. The van der Waals surface area contributed by atoms with Gasteiger partial charge in [-0.15, -0.1) is 0 Å². The highest BCUT2D eigenvalue weighted by Crippen LogP contribution is 2.32. The van der Waals surface area contributed by atoms with Crippen molar-refractivity contribution in [2.45, 2.75) is 70.9 Å². The number of imidazole rings is 1. The first kappa shape index (κ1) is 29.8. The van der Waals surface area contributed by atoms with Gasteiger partial charge in [0, 0.05) is 54.3 Å². The van der Waals surface area contributed by atoms with Gasteiger partial charge in [0.25, 0.3) is 5.91 Å². The second kappa shape index (κ2) is 11.4. The average molecular weight is 574 g/mol. The molecule has 4 rings (SSSR count). The van der Waals surface area contributed by atoms with E-state index in [0.29, 0.717) is 38.3 Å². The molecule has 2 fully saturated rings. The third-order valence-electron chi connectivity index (χ3n) is 7.37. The van der Waals surface area contributed by atoms with E-state index in [-0.39, 0.29) is 37.3 Å². The zero-order chi connectivity index (χ0) is 29.4. The van der Waals surface area contributed by atoms with Crippen LogP contribution in [0.15, 0.2) is 23.0 Å². The van der Waals surface area contributed by atoms with E-state index in [1.807, 2.05) is 39.0 Å². The van der Waals surface area contributed by atoms with Gasteiger partial charge in [-0.2, -0.15) is 0 Å². The van der Waals surface area contributed by atoms with E-state index >= 15 is 0 Å². The summed E-state index contributed by atoms with van der Waals surface area (Å²) in [5, 5.41) is 0. The third kappa shape index (κ3) is 6.43. The van der Waals surface area contributed by atoms with E-state index in [2.05, 4.69) is 24.5 Å². The number of ether oxygens (including phenoxy) is 2. The number of likely N-dealkylation sites (tertiary alicyclic amines) is 1. The first-order chi connectivity index (χ1) is 18.7. The van der Waals surface area contributed by atoms with Crippen molar-refractivity contribution < 1.29 is 23.9 Å². The van der Waals surface area contributed by atoms with Gasteiger partial charge in [-0.25, -0.2) is 9.59 Å². The van der Waals surface area contributed by atoms with Crippen molar-refractivity contribution in [3.8, 4) is 0 Å². The monoisotopic (exact) mass is 573 g/mol. The molecule has 0 spiro atoms. The molecule has 0 radical (unpaired) electrons. The van der Waals surface area contributed by atoms with Gasteiger partial charge in [-0.1, -0.05) is 25.7 Å². The minimum atomic E-state index is -1.31. The van der Waals surface area contributed by atoms with Crippen LogP contribution in [0.1, 0.15) is 39.7 Å². The van der Waals surface area contributed by atoms with E-state index in [0.717, 1.165) is 22.1 Å². The van der Waals surface area contributed by atoms with Gasteiger partial charge < -0.3 is 19.3 Å². The highest BCUT2D eigenvalue weighted by molar-refractivity contribution is 6.76. The van der Waals surface area contributed by atoms with E-state index in [1.165, 1.54) is 4.57 Å². The fourth-order valence-electron chi connectivity index (χ4n) is 5.16. The van der Waals surface area contributed by atoms with Gasteiger partial charge in [-0.05, 0) is 45.4 Å². The SMILES string of the molecule is Cn1c(=O)n(C2CCC(=O)N(COCC[Si](C)(C)C)C2=O)c2cccc(N3CCN(C(=O)OC(C)(C)C)CC3)c21. The van der Waals surface area contributed by atoms with Crippen molar-refractivity contribution in [2.24, 2.45) is 7.05 Å². The van der Waals surface area contributed by atoms with Crippen molar-refractivity contribution >= 4 is 42.7 Å².